The van der Waals surface area contributed by atoms with Crippen LogP contribution in [-0.4, -0.2) is 13.7 Å². The predicted octanol–water partition coefficient (Wildman–Crippen LogP) is 2.68. The lowest BCUT2D eigenvalue weighted by Crippen LogP contribution is -2.21. The summed E-state index contributed by atoms with van der Waals surface area (Å²) in [7, 11) is 1.74. The molecule has 0 bridgehead atoms. The Morgan fingerprint density at radius 3 is 2.94 bits per heavy atom. The zero-order valence-corrected chi connectivity index (χ0v) is 9.83. The molecule has 0 aliphatic heterocycles. The molecule has 2 aliphatic rings. The van der Waals surface area contributed by atoms with Crippen LogP contribution < -0.4 is 10.1 Å². The van der Waals surface area contributed by atoms with Gasteiger partial charge in [0.1, 0.15) is 5.75 Å². The van der Waals surface area contributed by atoms with E-state index in [1.54, 1.807) is 7.11 Å². The van der Waals surface area contributed by atoms with Crippen LogP contribution >= 0.6 is 0 Å². The lowest BCUT2D eigenvalue weighted by atomic mass is 10.1. The first kappa shape index (κ1) is 10.2. The molecule has 16 heavy (non-hydrogen) atoms. The normalized spacial score (nSPS) is 23.2. The Hall–Kier alpha value is -1.02. The summed E-state index contributed by atoms with van der Waals surface area (Å²) in [6, 6.07) is 7.05. The molecule has 0 spiro atoms. The highest BCUT2D eigenvalue weighted by molar-refractivity contribution is 5.40. The molecule has 1 atom stereocenters. The van der Waals surface area contributed by atoms with Gasteiger partial charge in [0.15, 0.2) is 0 Å². The van der Waals surface area contributed by atoms with E-state index < -0.39 is 0 Å². The quantitative estimate of drug-likeness (QED) is 0.837. The maximum absolute atomic E-state index is 5.30. The van der Waals surface area contributed by atoms with Gasteiger partial charge in [0.2, 0.25) is 0 Å². The van der Waals surface area contributed by atoms with Crippen molar-refractivity contribution in [3.05, 3.63) is 29.3 Å². The van der Waals surface area contributed by atoms with Crippen molar-refractivity contribution in [1.82, 2.24) is 5.32 Å². The topological polar surface area (TPSA) is 21.3 Å². The second-order valence-corrected chi connectivity index (χ2v) is 5.01. The monoisotopic (exact) mass is 217 g/mol. The molecule has 2 aliphatic carbocycles. The van der Waals surface area contributed by atoms with E-state index in [-0.39, 0.29) is 0 Å². The van der Waals surface area contributed by atoms with Gasteiger partial charge < -0.3 is 10.1 Å². The molecule has 1 unspecified atom stereocenters. The zero-order valence-electron chi connectivity index (χ0n) is 9.83. The van der Waals surface area contributed by atoms with E-state index in [4.69, 9.17) is 4.74 Å². The summed E-state index contributed by atoms with van der Waals surface area (Å²) >= 11 is 0. The minimum atomic E-state index is 0.561. The van der Waals surface area contributed by atoms with Crippen LogP contribution in [0.1, 0.15) is 36.4 Å². The third kappa shape index (κ3) is 1.94. The number of benzene rings is 1. The summed E-state index contributed by atoms with van der Waals surface area (Å²) in [6.45, 7) is 1.20. The molecule has 0 saturated heterocycles. The Bertz CT molecular complexity index is 384. The van der Waals surface area contributed by atoms with Crippen molar-refractivity contribution >= 4 is 0 Å². The van der Waals surface area contributed by atoms with Gasteiger partial charge in [-0.25, -0.2) is 0 Å². The molecular weight excluding hydrogens is 198 g/mol. The van der Waals surface area contributed by atoms with Crippen LogP contribution in [0.15, 0.2) is 18.2 Å². The second kappa shape index (κ2) is 4.10. The SMILES string of the molecule is COc1ccc2c(c1)C(NCC1CC1)CC2. The summed E-state index contributed by atoms with van der Waals surface area (Å²) in [4.78, 5) is 0. The Balaban J connectivity index is 1.74. The van der Waals surface area contributed by atoms with Crippen molar-refractivity contribution in [2.45, 2.75) is 31.7 Å². The first-order chi connectivity index (χ1) is 7.86. The number of nitrogens with one attached hydrogen (secondary N) is 1. The maximum atomic E-state index is 5.30. The molecule has 2 heteroatoms. The van der Waals surface area contributed by atoms with Crippen LogP contribution in [0.5, 0.6) is 5.75 Å². The Morgan fingerprint density at radius 1 is 1.31 bits per heavy atom. The molecule has 86 valence electrons. The largest absolute Gasteiger partial charge is 0.497 e. The van der Waals surface area contributed by atoms with Gasteiger partial charge in [-0.15, -0.1) is 0 Å². The number of hydrogen-bond donors (Lipinski definition) is 1. The van der Waals surface area contributed by atoms with Crippen LogP contribution in [0, 0.1) is 5.92 Å². The van der Waals surface area contributed by atoms with E-state index >= 15 is 0 Å². The smallest absolute Gasteiger partial charge is 0.119 e. The van der Waals surface area contributed by atoms with Gasteiger partial charge in [-0.3, -0.25) is 0 Å². The highest BCUT2D eigenvalue weighted by Gasteiger charge is 2.26. The van der Waals surface area contributed by atoms with E-state index in [9.17, 15) is 0 Å². The molecule has 1 saturated carbocycles. The van der Waals surface area contributed by atoms with Gasteiger partial charge in [-0.05, 0) is 61.4 Å². The number of rotatable bonds is 4. The van der Waals surface area contributed by atoms with Crippen LogP contribution in [0.4, 0.5) is 0 Å². The van der Waals surface area contributed by atoms with Crippen molar-refractivity contribution in [3.8, 4) is 5.75 Å². The third-order valence-electron chi connectivity index (χ3n) is 3.78. The standard InChI is InChI=1S/C14H19NO/c1-16-12-6-4-11-5-7-14(13(11)8-12)15-9-10-2-3-10/h4,6,8,10,14-15H,2-3,5,7,9H2,1H3. The molecule has 1 N–H and O–H groups in total. The Morgan fingerprint density at radius 2 is 2.19 bits per heavy atom. The Kier molecular flexibility index (Phi) is 2.60. The van der Waals surface area contributed by atoms with E-state index in [0.29, 0.717) is 6.04 Å². The van der Waals surface area contributed by atoms with Gasteiger partial charge in [-0.1, -0.05) is 6.07 Å². The fourth-order valence-electron chi connectivity index (χ4n) is 2.55. The molecule has 2 nitrogen and oxygen atoms in total. The maximum Gasteiger partial charge on any atom is 0.119 e. The lowest BCUT2D eigenvalue weighted by molar-refractivity contribution is 0.413. The fourth-order valence-corrected chi connectivity index (χ4v) is 2.55. The van der Waals surface area contributed by atoms with Crippen LogP contribution in [0.2, 0.25) is 0 Å². The zero-order chi connectivity index (χ0) is 11.0. The predicted molar refractivity (Wildman–Crippen MR) is 64.8 cm³/mol. The molecule has 3 rings (SSSR count). The van der Waals surface area contributed by atoms with Gasteiger partial charge in [0, 0.05) is 6.04 Å². The van der Waals surface area contributed by atoms with Crippen LogP contribution in [0.25, 0.3) is 0 Å². The highest BCUT2D eigenvalue weighted by atomic mass is 16.5. The van der Waals surface area contributed by atoms with Gasteiger partial charge in [0.25, 0.3) is 0 Å². The summed E-state index contributed by atoms with van der Waals surface area (Å²) < 4.78 is 5.30. The molecule has 1 aromatic rings. The number of fused-ring (bicyclic) bond motifs is 1. The average Bonchev–Trinajstić information content (AvgIpc) is 3.06. The number of aryl methyl sites for hydroxylation is 1. The average molecular weight is 217 g/mol. The van der Waals surface area contributed by atoms with Crippen LogP contribution in [-0.2, 0) is 6.42 Å². The van der Waals surface area contributed by atoms with E-state index in [0.717, 1.165) is 11.7 Å². The third-order valence-corrected chi connectivity index (χ3v) is 3.78. The van der Waals surface area contributed by atoms with Gasteiger partial charge in [-0.2, -0.15) is 0 Å². The van der Waals surface area contributed by atoms with Crippen molar-refractivity contribution in [2.75, 3.05) is 13.7 Å². The molecule has 1 fully saturated rings. The van der Waals surface area contributed by atoms with Crippen molar-refractivity contribution < 1.29 is 4.74 Å². The first-order valence-electron chi connectivity index (χ1n) is 6.27. The van der Waals surface area contributed by atoms with E-state index in [1.165, 1.54) is 43.4 Å². The number of ether oxygens (including phenoxy) is 1. The van der Waals surface area contributed by atoms with Gasteiger partial charge in [0.05, 0.1) is 7.11 Å². The fraction of sp³-hybridized carbons (Fsp3) is 0.571. The minimum absolute atomic E-state index is 0.561. The summed E-state index contributed by atoms with van der Waals surface area (Å²) in [5.41, 5.74) is 2.95. The molecule has 0 amide bonds. The van der Waals surface area contributed by atoms with E-state index in [2.05, 4.69) is 23.5 Å². The summed E-state index contributed by atoms with van der Waals surface area (Å²) in [5.74, 6) is 1.94. The summed E-state index contributed by atoms with van der Waals surface area (Å²) in [6.07, 6.45) is 5.30. The number of methoxy groups -OCH3 is 1. The molecule has 0 heterocycles. The second-order valence-electron chi connectivity index (χ2n) is 5.01. The number of hydrogen-bond acceptors (Lipinski definition) is 2. The minimum Gasteiger partial charge on any atom is -0.497 e. The first-order valence-corrected chi connectivity index (χ1v) is 6.27. The Labute approximate surface area is 97.0 Å². The molecule has 0 aromatic heterocycles. The lowest BCUT2D eigenvalue weighted by Gasteiger charge is -2.14. The highest BCUT2D eigenvalue weighted by Crippen LogP contribution is 2.35. The van der Waals surface area contributed by atoms with Crippen LogP contribution in [0.3, 0.4) is 0 Å². The van der Waals surface area contributed by atoms with Gasteiger partial charge >= 0.3 is 0 Å². The molecular formula is C14H19NO. The van der Waals surface area contributed by atoms with Crippen molar-refractivity contribution in [3.63, 3.8) is 0 Å². The summed E-state index contributed by atoms with van der Waals surface area (Å²) in [5, 5.41) is 3.70. The van der Waals surface area contributed by atoms with Crippen molar-refractivity contribution in [1.29, 1.82) is 0 Å². The molecule has 1 aromatic carbocycles. The van der Waals surface area contributed by atoms with Crippen molar-refractivity contribution in [2.24, 2.45) is 5.92 Å². The van der Waals surface area contributed by atoms with E-state index in [1.807, 2.05) is 0 Å². The molecule has 0 radical (unpaired) electrons.